The van der Waals surface area contributed by atoms with Gasteiger partial charge in [-0.25, -0.2) is 4.98 Å². The zero-order valence-electron chi connectivity index (χ0n) is 17.2. The molecule has 0 bridgehead atoms. The molecule has 154 valence electrons. The molecule has 4 aromatic rings. The van der Waals surface area contributed by atoms with E-state index in [0.29, 0.717) is 27.4 Å². The second-order valence-electron chi connectivity index (χ2n) is 8.30. The number of benzene rings is 1. The molecular weight excluding hydrogens is 400 g/mol. The predicted octanol–water partition coefficient (Wildman–Crippen LogP) is 5.60. The van der Waals surface area contributed by atoms with Crippen molar-refractivity contribution in [2.24, 2.45) is 0 Å². The Bertz CT molecular complexity index is 1290. The molecule has 1 aliphatic carbocycles. The molecule has 5 rings (SSSR count). The molecule has 0 fully saturated rings. The van der Waals surface area contributed by atoms with Gasteiger partial charge in [-0.1, -0.05) is 42.7 Å². The highest BCUT2D eigenvalue weighted by Crippen LogP contribution is 2.37. The van der Waals surface area contributed by atoms with Gasteiger partial charge in [-0.15, -0.1) is 0 Å². The Hall–Kier alpha value is -2.86. The quantitative estimate of drug-likeness (QED) is 0.450. The number of hydrogen-bond acceptors (Lipinski definition) is 4. The molecule has 3 aromatic heterocycles. The van der Waals surface area contributed by atoms with Crippen molar-refractivity contribution in [1.82, 2.24) is 20.4 Å². The van der Waals surface area contributed by atoms with Crippen LogP contribution in [-0.4, -0.2) is 21.0 Å². The summed E-state index contributed by atoms with van der Waals surface area (Å²) in [7, 11) is 0. The fourth-order valence-electron chi connectivity index (χ4n) is 4.42. The number of carbonyl (C=O) groups is 1. The second-order valence-corrected chi connectivity index (χ2v) is 8.70. The Labute approximate surface area is 179 Å². The van der Waals surface area contributed by atoms with Gasteiger partial charge in [0.05, 0.1) is 33.2 Å². The Morgan fingerprint density at radius 2 is 2.20 bits per heavy atom. The van der Waals surface area contributed by atoms with Gasteiger partial charge >= 0.3 is 0 Å². The van der Waals surface area contributed by atoms with Gasteiger partial charge in [0.25, 0.3) is 11.6 Å². The maximum atomic E-state index is 13.4. The summed E-state index contributed by atoms with van der Waals surface area (Å²) in [4.78, 5) is 21.4. The van der Waals surface area contributed by atoms with Crippen LogP contribution < -0.4 is 5.32 Å². The third kappa shape index (κ3) is 2.98. The first-order valence-electron chi connectivity index (χ1n) is 10.3. The lowest BCUT2D eigenvalue weighted by molar-refractivity contribution is 0.0933. The number of aromatic nitrogens is 3. The lowest BCUT2D eigenvalue weighted by atomic mass is 9.91. The van der Waals surface area contributed by atoms with Crippen LogP contribution in [0, 0.1) is 6.92 Å². The molecule has 3 heterocycles. The summed E-state index contributed by atoms with van der Waals surface area (Å²) >= 11 is 6.40. The number of H-pyrrole nitrogens is 1. The normalized spacial score (nSPS) is 16.4. The van der Waals surface area contributed by atoms with Crippen LogP contribution >= 0.6 is 11.6 Å². The maximum Gasteiger partial charge on any atom is 0.259 e. The summed E-state index contributed by atoms with van der Waals surface area (Å²) in [5.74, 6) is 0.0293. The third-order valence-corrected chi connectivity index (χ3v) is 6.28. The fraction of sp³-hybridized carbons (Fsp3) is 0.348. The molecule has 0 saturated carbocycles. The average Bonchev–Trinajstić information content (AvgIpc) is 3.30. The Morgan fingerprint density at radius 3 is 3.00 bits per heavy atom. The highest BCUT2D eigenvalue weighted by atomic mass is 35.5. The van der Waals surface area contributed by atoms with E-state index >= 15 is 0 Å². The molecule has 0 radical (unpaired) electrons. The molecule has 0 spiro atoms. The maximum absolute atomic E-state index is 13.4. The molecule has 0 aliphatic heterocycles. The van der Waals surface area contributed by atoms with Gasteiger partial charge in [0.2, 0.25) is 0 Å². The second kappa shape index (κ2) is 7.13. The number of hydrogen-bond donors (Lipinski definition) is 2. The number of fused-ring (bicyclic) bond motifs is 4. The Morgan fingerprint density at radius 1 is 1.37 bits per heavy atom. The number of halogens is 1. The van der Waals surface area contributed by atoms with E-state index in [1.165, 1.54) is 5.56 Å². The zero-order chi connectivity index (χ0) is 21.0. The van der Waals surface area contributed by atoms with Gasteiger partial charge in [-0.2, -0.15) is 0 Å². The molecule has 1 aromatic carbocycles. The van der Waals surface area contributed by atoms with Crippen LogP contribution in [0.15, 0.2) is 28.8 Å². The lowest BCUT2D eigenvalue weighted by Crippen LogP contribution is -2.31. The van der Waals surface area contributed by atoms with Gasteiger partial charge in [0.1, 0.15) is 0 Å². The van der Waals surface area contributed by atoms with Gasteiger partial charge in [-0.3, -0.25) is 4.79 Å². The first-order chi connectivity index (χ1) is 14.4. The molecule has 1 aliphatic rings. The summed E-state index contributed by atoms with van der Waals surface area (Å²) in [6.45, 7) is 5.92. The van der Waals surface area contributed by atoms with Gasteiger partial charge < -0.3 is 14.8 Å². The minimum atomic E-state index is -0.141. The first kappa shape index (κ1) is 19.1. The largest absolute Gasteiger partial charge is 0.355 e. The summed E-state index contributed by atoms with van der Waals surface area (Å²) in [5, 5.41) is 9.77. The summed E-state index contributed by atoms with van der Waals surface area (Å²) < 4.78 is 5.37. The Kier molecular flexibility index (Phi) is 4.54. The smallest absolute Gasteiger partial charge is 0.259 e. The Balaban J connectivity index is 1.55. The van der Waals surface area contributed by atoms with Gasteiger partial charge in [-0.05, 0) is 49.8 Å². The number of amides is 1. The molecular formula is C23H23ClN4O2. The number of pyridine rings is 1. The lowest BCUT2D eigenvalue weighted by Gasteiger charge is -2.24. The van der Waals surface area contributed by atoms with Crippen LogP contribution in [0.3, 0.4) is 0 Å². The number of para-hydroxylation sites is 1. The van der Waals surface area contributed by atoms with Crippen molar-refractivity contribution in [2.45, 2.75) is 52.0 Å². The van der Waals surface area contributed by atoms with Crippen molar-refractivity contribution in [1.29, 1.82) is 0 Å². The van der Waals surface area contributed by atoms with E-state index in [0.717, 1.165) is 41.6 Å². The van der Waals surface area contributed by atoms with E-state index in [2.05, 4.69) is 26.5 Å². The van der Waals surface area contributed by atoms with Crippen LogP contribution in [0.1, 0.15) is 71.7 Å². The van der Waals surface area contributed by atoms with Crippen LogP contribution in [0.2, 0.25) is 5.02 Å². The van der Waals surface area contributed by atoms with Crippen molar-refractivity contribution in [2.75, 3.05) is 0 Å². The highest BCUT2D eigenvalue weighted by Gasteiger charge is 2.28. The highest BCUT2D eigenvalue weighted by molar-refractivity contribution is 6.35. The molecule has 0 saturated heterocycles. The van der Waals surface area contributed by atoms with Crippen molar-refractivity contribution in [3.05, 3.63) is 57.5 Å². The van der Waals surface area contributed by atoms with Gasteiger partial charge in [0, 0.05) is 16.8 Å². The molecule has 7 heteroatoms. The topological polar surface area (TPSA) is 83.8 Å². The van der Waals surface area contributed by atoms with E-state index in [9.17, 15) is 4.79 Å². The number of nitrogens with one attached hydrogen (secondary N) is 2. The number of aromatic amines is 1. The number of nitrogens with zero attached hydrogens (tertiary/aromatic N) is 2. The summed E-state index contributed by atoms with van der Waals surface area (Å²) in [6.07, 6.45) is 2.85. The fourth-order valence-corrected chi connectivity index (χ4v) is 4.64. The van der Waals surface area contributed by atoms with E-state index in [1.54, 1.807) is 0 Å². The molecule has 30 heavy (non-hydrogen) atoms. The van der Waals surface area contributed by atoms with E-state index in [1.807, 2.05) is 39.0 Å². The zero-order valence-corrected chi connectivity index (χ0v) is 17.9. The number of aryl methyl sites for hydroxylation is 2. The van der Waals surface area contributed by atoms with Crippen LogP contribution in [0.5, 0.6) is 0 Å². The van der Waals surface area contributed by atoms with Gasteiger partial charge in [0.15, 0.2) is 0 Å². The minimum absolute atomic E-state index is 0.101. The molecule has 6 nitrogen and oxygen atoms in total. The van der Waals surface area contributed by atoms with Crippen molar-refractivity contribution < 1.29 is 9.32 Å². The standard InChI is InChI=1S/C23H23ClN4O2/c1-11(2)18-10-15(19-12(3)28-30-23(19)26-18)22(29)25-17-9-5-7-14-13-6-4-8-16(24)20(13)27-21(14)17/h4,6,8,10-11,17,27H,5,7,9H2,1-3H3,(H,25,29)/t17-/m1/s1. The van der Waals surface area contributed by atoms with Crippen LogP contribution in [-0.2, 0) is 6.42 Å². The monoisotopic (exact) mass is 422 g/mol. The van der Waals surface area contributed by atoms with Crippen molar-refractivity contribution >= 4 is 39.5 Å². The van der Waals surface area contributed by atoms with Crippen molar-refractivity contribution in [3.8, 4) is 0 Å². The number of carbonyl (C=O) groups excluding carboxylic acids is 1. The number of rotatable bonds is 3. The average molecular weight is 423 g/mol. The first-order valence-corrected chi connectivity index (χ1v) is 10.7. The van der Waals surface area contributed by atoms with Crippen LogP contribution in [0.25, 0.3) is 22.0 Å². The minimum Gasteiger partial charge on any atom is -0.355 e. The van der Waals surface area contributed by atoms with Crippen LogP contribution in [0.4, 0.5) is 0 Å². The summed E-state index contributed by atoms with van der Waals surface area (Å²) in [5.41, 5.74) is 5.68. The molecule has 1 amide bonds. The van der Waals surface area contributed by atoms with E-state index in [4.69, 9.17) is 16.1 Å². The van der Waals surface area contributed by atoms with E-state index in [-0.39, 0.29) is 17.9 Å². The SMILES string of the molecule is Cc1noc2nc(C(C)C)cc(C(=O)N[C@@H]3CCCc4c3[nH]c3c(Cl)cccc43)c12. The van der Waals surface area contributed by atoms with E-state index < -0.39 is 0 Å². The molecule has 2 N–H and O–H groups in total. The third-order valence-electron chi connectivity index (χ3n) is 5.97. The molecule has 1 atom stereocenters. The summed E-state index contributed by atoms with van der Waals surface area (Å²) in [6, 6.07) is 7.70. The molecule has 0 unspecified atom stereocenters. The predicted molar refractivity (Wildman–Crippen MR) is 117 cm³/mol. The van der Waals surface area contributed by atoms with Crippen molar-refractivity contribution in [3.63, 3.8) is 0 Å².